The number of ether oxygens (including phenoxy) is 3. The van der Waals surface area contributed by atoms with Crippen molar-refractivity contribution in [1.29, 1.82) is 0 Å². The van der Waals surface area contributed by atoms with Crippen LogP contribution in [0.15, 0.2) is 28.8 Å². The molecule has 30 heavy (non-hydrogen) atoms. The Morgan fingerprint density at radius 1 is 1.30 bits per heavy atom. The number of carbonyl (C=O) groups excluding carboxylic acids is 2. The molecule has 1 amide bonds. The van der Waals surface area contributed by atoms with E-state index < -0.39 is 0 Å². The highest BCUT2D eigenvalue weighted by molar-refractivity contribution is 6.32. The fourth-order valence-electron chi connectivity index (χ4n) is 3.40. The molecule has 1 saturated heterocycles. The molecule has 0 bridgehead atoms. The number of piperidine rings is 1. The van der Waals surface area contributed by atoms with Crippen molar-refractivity contribution in [3.05, 3.63) is 40.7 Å². The maximum atomic E-state index is 12.9. The zero-order valence-electron chi connectivity index (χ0n) is 17.1. The van der Waals surface area contributed by atoms with Crippen LogP contribution in [0.2, 0.25) is 5.02 Å². The number of halogens is 1. The molecule has 0 aliphatic carbocycles. The molecule has 1 atom stereocenters. The Hall–Kier alpha value is -2.74. The minimum absolute atomic E-state index is 0.0680. The van der Waals surface area contributed by atoms with Gasteiger partial charge in [-0.25, -0.2) is 0 Å². The summed E-state index contributed by atoms with van der Waals surface area (Å²) in [5, 5.41) is 4.29. The van der Waals surface area contributed by atoms with E-state index in [1.807, 2.05) is 0 Å². The van der Waals surface area contributed by atoms with Gasteiger partial charge in [0.15, 0.2) is 11.5 Å². The molecule has 0 spiro atoms. The first-order valence-corrected chi connectivity index (χ1v) is 10.3. The number of methoxy groups -OCH3 is 1. The second-order valence-electron chi connectivity index (χ2n) is 6.92. The quantitative estimate of drug-likeness (QED) is 0.580. The zero-order valence-corrected chi connectivity index (χ0v) is 17.8. The first-order valence-electron chi connectivity index (χ1n) is 9.90. The molecule has 8 nitrogen and oxygen atoms in total. The minimum Gasteiger partial charge on any atom is -0.497 e. The van der Waals surface area contributed by atoms with Crippen molar-refractivity contribution in [2.75, 3.05) is 20.3 Å². The van der Waals surface area contributed by atoms with Crippen LogP contribution >= 0.6 is 11.6 Å². The van der Waals surface area contributed by atoms with Gasteiger partial charge in [-0.15, -0.1) is 0 Å². The van der Waals surface area contributed by atoms with Gasteiger partial charge in [-0.3, -0.25) is 9.59 Å². The molecular formula is C21H25ClN2O6. The number of benzene rings is 1. The highest BCUT2D eigenvalue weighted by atomic mass is 35.5. The Balaban J connectivity index is 1.62. The third-order valence-corrected chi connectivity index (χ3v) is 5.18. The lowest BCUT2D eigenvalue weighted by atomic mass is 9.99. The normalized spacial score (nSPS) is 16.2. The summed E-state index contributed by atoms with van der Waals surface area (Å²) in [6.07, 6.45) is 2.79. The van der Waals surface area contributed by atoms with Crippen molar-refractivity contribution >= 4 is 23.5 Å². The Kier molecular flexibility index (Phi) is 7.57. The van der Waals surface area contributed by atoms with Crippen LogP contribution < -0.4 is 9.47 Å². The Bertz CT molecular complexity index is 884. The molecule has 1 fully saturated rings. The van der Waals surface area contributed by atoms with E-state index in [-0.39, 0.29) is 36.6 Å². The summed E-state index contributed by atoms with van der Waals surface area (Å²) in [6, 6.07) is 6.43. The molecule has 162 valence electrons. The van der Waals surface area contributed by atoms with Gasteiger partial charge < -0.3 is 23.6 Å². The maximum absolute atomic E-state index is 12.9. The SMILES string of the molecule is CCOC(=O)CC1CCCCN1C(=O)c1cc(COc2ccc(OC)cc2Cl)on1. The molecule has 0 saturated carbocycles. The molecule has 3 rings (SSSR count). The van der Waals surface area contributed by atoms with Crippen LogP contribution in [0.25, 0.3) is 0 Å². The molecule has 2 heterocycles. The molecule has 1 aromatic heterocycles. The fraction of sp³-hybridized carbons (Fsp3) is 0.476. The predicted molar refractivity (Wildman–Crippen MR) is 109 cm³/mol. The zero-order chi connectivity index (χ0) is 21.5. The van der Waals surface area contributed by atoms with Crippen LogP contribution in [0.1, 0.15) is 48.9 Å². The number of hydrogen-bond acceptors (Lipinski definition) is 7. The van der Waals surface area contributed by atoms with Crippen LogP contribution in [0, 0.1) is 0 Å². The van der Waals surface area contributed by atoms with Crippen LogP contribution in [0.4, 0.5) is 0 Å². The highest BCUT2D eigenvalue weighted by Crippen LogP contribution is 2.29. The average molecular weight is 437 g/mol. The van der Waals surface area contributed by atoms with E-state index in [9.17, 15) is 9.59 Å². The van der Waals surface area contributed by atoms with E-state index in [0.717, 1.165) is 19.3 Å². The molecule has 1 unspecified atom stereocenters. The Morgan fingerprint density at radius 3 is 2.87 bits per heavy atom. The van der Waals surface area contributed by atoms with Crippen LogP contribution in [-0.4, -0.2) is 48.2 Å². The molecule has 0 radical (unpaired) electrons. The van der Waals surface area contributed by atoms with Gasteiger partial charge in [0, 0.05) is 24.7 Å². The van der Waals surface area contributed by atoms with E-state index in [1.54, 1.807) is 43.2 Å². The largest absolute Gasteiger partial charge is 0.497 e. The van der Waals surface area contributed by atoms with Gasteiger partial charge in [0.2, 0.25) is 0 Å². The van der Waals surface area contributed by atoms with Crippen molar-refractivity contribution in [3.8, 4) is 11.5 Å². The monoisotopic (exact) mass is 436 g/mol. The van der Waals surface area contributed by atoms with Gasteiger partial charge in [-0.05, 0) is 38.3 Å². The van der Waals surface area contributed by atoms with Crippen LogP contribution in [0.3, 0.4) is 0 Å². The second kappa shape index (κ2) is 10.3. The lowest BCUT2D eigenvalue weighted by Crippen LogP contribution is -2.45. The van der Waals surface area contributed by atoms with Crippen molar-refractivity contribution in [2.24, 2.45) is 0 Å². The number of esters is 1. The number of rotatable bonds is 8. The van der Waals surface area contributed by atoms with Crippen molar-refractivity contribution < 1.29 is 28.3 Å². The van der Waals surface area contributed by atoms with E-state index in [2.05, 4.69) is 5.16 Å². The van der Waals surface area contributed by atoms with Crippen LogP contribution in [-0.2, 0) is 16.1 Å². The number of nitrogens with zero attached hydrogens (tertiary/aromatic N) is 2. The van der Waals surface area contributed by atoms with E-state index in [1.165, 1.54) is 0 Å². The molecule has 0 N–H and O–H groups in total. The van der Waals surface area contributed by atoms with E-state index in [4.69, 9.17) is 30.3 Å². The Morgan fingerprint density at radius 2 is 2.13 bits per heavy atom. The summed E-state index contributed by atoms with van der Waals surface area (Å²) in [5.41, 5.74) is 0.185. The van der Waals surface area contributed by atoms with E-state index >= 15 is 0 Å². The fourth-order valence-corrected chi connectivity index (χ4v) is 3.62. The summed E-state index contributed by atoms with van der Waals surface area (Å²) < 4.78 is 21.1. The van der Waals surface area contributed by atoms with Crippen molar-refractivity contribution in [2.45, 2.75) is 45.3 Å². The second-order valence-corrected chi connectivity index (χ2v) is 7.33. The number of aromatic nitrogens is 1. The van der Waals surface area contributed by atoms with Gasteiger partial charge in [0.05, 0.1) is 25.2 Å². The average Bonchev–Trinajstić information content (AvgIpc) is 3.22. The first-order chi connectivity index (χ1) is 14.5. The summed E-state index contributed by atoms with van der Waals surface area (Å²) in [7, 11) is 1.55. The molecule has 2 aromatic rings. The number of likely N-dealkylation sites (tertiary alicyclic amines) is 1. The Labute approximate surface area is 180 Å². The van der Waals surface area contributed by atoms with Gasteiger partial charge in [-0.2, -0.15) is 0 Å². The van der Waals surface area contributed by atoms with Crippen molar-refractivity contribution in [1.82, 2.24) is 10.1 Å². The third kappa shape index (κ3) is 5.44. The standard InChI is InChI=1S/C21H25ClN2O6/c1-3-28-20(25)10-14-6-4-5-9-24(14)21(26)18-12-16(30-23-18)13-29-19-8-7-15(27-2)11-17(19)22/h7-8,11-12,14H,3-6,9-10,13H2,1-2H3. The topological polar surface area (TPSA) is 91.1 Å². The van der Waals surface area contributed by atoms with Gasteiger partial charge in [0.1, 0.15) is 18.1 Å². The summed E-state index contributed by atoms with van der Waals surface area (Å²) in [4.78, 5) is 26.5. The molecule has 9 heteroatoms. The van der Waals surface area contributed by atoms with Crippen molar-refractivity contribution in [3.63, 3.8) is 0 Å². The lowest BCUT2D eigenvalue weighted by Gasteiger charge is -2.34. The van der Waals surface area contributed by atoms with Gasteiger partial charge in [0.25, 0.3) is 5.91 Å². The van der Waals surface area contributed by atoms with Crippen LogP contribution in [0.5, 0.6) is 11.5 Å². The van der Waals surface area contributed by atoms with Gasteiger partial charge in [-0.1, -0.05) is 16.8 Å². The summed E-state index contributed by atoms with van der Waals surface area (Å²) >= 11 is 6.16. The highest BCUT2D eigenvalue weighted by Gasteiger charge is 2.31. The first kappa shape index (κ1) is 22.0. The summed E-state index contributed by atoms with van der Waals surface area (Å²) in [5.74, 6) is 0.921. The van der Waals surface area contributed by atoms with Gasteiger partial charge >= 0.3 is 5.97 Å². The molecule has 1 aromatic carbocycles. The minimum atomic E-state index is -0.298. The molecular weight excluding hydrogens is 412 g/mol. The number of hydrogen-bond donors (Lipinski definition) is 0. The lowest BCUT2D eigenvalue weighted by molar-refractivity contribution is -0.144. The third-order valence-electron chi connectivity index (χ3n) is 4.88. The number of carbonyl (C=O) groups is 2. The maximum Gasteiger partial charge on any atom is 0.307 e. The predicted octanol–water partition coefficient (Wildman–Crippen LogP) is 3.86. The van der Waals surface area contributed by atoms with E-state index in [0.29, 0.717) is 35.4 Å². The molecule has 1 aliphatic rings. The molecule has 1 aliphatic heterocycles. The summed E-state index contributed by atoms with van der Waals surface area (Å²) in [6.45, 7) is 2.73. The smallest absolute Gasteiger partial charge is 0.307 e. The number of amides is 1.